The van der Waals surface area contributed by atoms with Gasteiger partial charge >= 0.3 is 5.97 Å². The van der Waals surface area contributed by atoms with E-state index >= 15 is 0 Å². The average Bonchev–Trinajstić information content (AvgIpc) is 3.20. The maximum absolute atomic E-state index is 13.1. The molecule has 12 nitrogen and oxygen atoms in total. The monoisotopic (exact) mass is 434 g/mol. The first-order chi connectivity index (χ1) is 14.7. The number of aromatic nitrogens is 3. The molecular formula is C19H22N4O8. The third kappa shape index (κ3) is 3.57. The summed E-state index contributed by atoms with van der Waals surface area (Å²) in [7, 11) is 1.15. The van der Waals surface area contributed by atoms with Crippen molar-refractivity contribution in [2.75, 3.05) is 19.0 Å². The molecular weight excluding hydrogens is 412 g/mol. The van der Waals surface area contributed by atoms with Crippen molar-refractivity contribution in [2.24, 2.45) is 0 Å². The van der Waals surface area contributed by atoms with E-state index in [4.69, 9.17) is 18.9 Å². The summed E-state index contributed by atoms with van der Waals surface area (Å²) in [4.78, 5) is 45.2. The molecule has 2 aromatic rings. The number of aliphatic hydroxyl groups is 1. The van der Waals surface area contributed by atoms with E-state index in [-0.39, 0.29) is 29.0 Å². The molecule has 0 radical (unpaired) electrons. The molecule has 2 saturated heterocycles. The normalized spacial score (nSPS) is 26.6. The largest absolute Gasteiger partial charge is 0.465 e. The minimum absolute atomic E-state index is 0.0563. The van der Waals surface area contributed by atoms with Crippen LogP contribution in [0.3, 0.4) is 0 Å². The van der Waals surface area contributed by atoms with Crippen molar-refractivity contribution in [1.29, 1.82) is 0 Å². The molecule has 0 aromatic carbocycles. The Labute approximate surface area is 176 Å². The van der Waals surface area contributed by atoms with Gasteiger partial charge in [-0.1, -0.05) is 0 Å². The minimum atomic E-state index is -0.929. The van der Waals surface area contributed by atoms with Gasteiger partial charge in [-0.15, -0.1) is 0 Å². The summed E-state index contributed by atoms with van der Waals surface area (Å²) in [5.41, 5.74) is -0.908. The minimum Gasteiger partial charge on any atom is -0.465 e. The highest BCUT2D eigenvalue weighted by Crippen LogP contribution is 2.43. The Balaban J connectivity index is 1.95. The topological polar surface area (TPSA) is 151 Å². The van der Waals surface area contributed by atoms with Gasteiger partial charge in [0.15, 0.2) is 17.7 Å². The molecule has 2 aliphatic heterocycles. The second-order valence-electron chi connectivity index (χ2n) is 7.69. The summed E-state index contributed by atoms with van der Waals surface area (Å²) < 4.78 is 24.0. The van der Waals surface area contributed by atoms with E-state index in [9.17, 15) is 19.5 Å². The fourth-order valence-electron chi connectivity index (χ4n) is 3.92. The third-order valence-electron chi connectivity index (χ3n) is 5.09. The number of ether oxygens (including phenoxy) is 4. The van der Waals surface area contributed by atoms with Crippen LogP contribution in [0.4, 0.5) is 5.82 Å². The standard InChI is InChI=1S/C19H22N4O8/c1-8(25)22-15-11-12(26)9(18(27)28-4)5-23(16(11)21-7-20-15)17-14-13(10(6-24)29-17)30-19(2,3)31-14/h5,7,10,13-14,17,24H,6H2,1-4H3,(H,20,21,22,25)/t10-,13-,14-,17?/m1/s1. The molecule has 31 heavy (non-hydrogen) atoms. The molecule has 2 aliphatic rings. The van der Waals surface area contributed by atoms with E-state index in [1.165, 1.54) is 24.0 Å². The molecule has 12 heteroatoms. The van der Waals surface area contributed by atoms with Crippen LogP contribution in [0.15, 0.2) is 17.3 Å². The lowest BCUT2D eigenvalue weighted by Crippen LogP contribution is -2.31. The van der Waals surface area contributed by atoms with Crippen molar-refractivity contribution in [3.05, 3.63) is 28.3 Å². The SMILES string of the molecule is COC(=O)c1cn(C2O[C@H](CO)[C@H]3OC(C)(C)O[C@@H]23)c2ncnc(NC(C)=O)c2c1=O. The van der Waals surface area contributed by atoms with Gasteiger partial charge in [0.2, 0.25) is 11.3 Å². The molecule has 1 unspecified atom stereocenters. The van der Waals surface area contributed by atoms with E-state index in [0.29, 0.717) is 0 Å². The Kier molecular flexibility index (Phi) is 5.25. The summed E-state index contributed by atoms with van der Waals surface area (Å²) in [6.45, 7) is 4.40. The number of amides is 1. The fraction of sp³-hybridized carbons (Fsp3) is 0.526. The molecule has 0 bridgehead atoms. The number of aliphatic hydroxyl groups excluding tert-OH is 1. The first kappa shape index (κ1) is 21.3. The number of nitrogens with zero attached hydrogens (tertiary/aromatic N) is 3. The molecule has 2 aromatic heterocycles. The van der Waals surface area contributed by atoms with Crippen LogP contribution < -0.4 is 10.7 Å². The molecule has 2 N–H and O–H groups in total. The summed E-state index contributed by atoms with van der Waals surface area (Å²) in [5, 5.41) is 12.1. The van der Waals surface area contributed by atoms with Crippen molar-refractivity contribution in [2.45, 2.75) is 51.1 Å². The number of pyridine rings is 1. The van der Waals surface area contributed by atoms with E-state index in [0.717, 1.165) is 7.11 Å². The Morgan fingerprint density at radius 1 is 1.29 bits per heavy atom. The van der Waals surface area contributed by atoms with E-state index < -0.39 is 47.6 Å². The maximum atomic E-state index is 13.1. The number of methoxy groups -OCH3 is 1. The highest BCUT2D eigenvalue weighted by Gasteiger charge is 2.56. The first-order valence-corrected chi connectivity index (χ1v) is 9.54. The number of nitrogens with one attached hydrogen (secondary N) is 1. The van der Waals surface area contributed by atoms with Gasteiger partial charge in [0.25, 0.3) is 0 Å². The van der Waals surface area contributed by atoms with Crippen LogP contribution in [0, 0.1) is 0 Å². The lowest BCUT2D eigenvalue weighted by Gasteiger charge is -2.26. The van der Waals surface area contributed by atoms with Crippen LogP contribution in [0.25, 0.3) is 11.0 Å². The van der Waals surface area contributed by atoms with Crippen molar-refractivity contribution in [3.8, 4) is 0 Å². The van der Waals surface area contributed by atoms with Gasteiger partial charge in [-0.2, -0.15) is 0 Å². The number of hydrogen-bond donors (Lipinski definition) is 2. The second kappa shape index (κ2) is 7.64. The molecule has 4 atom stereocenters. The Morgan fingerprint density at radius 2 is 2.00 bits per heavy atom. The maximum Gasteiger partial charge on any atom is 0.343 e. The summed E-state index contributed by atoms with van der Waals surface area (Å²) >= 11 is 0. The third-order valence-corrected chi connectivity index (χ3v) is 5.09. The molecule has 2 fully saturated rings. The number of fused-ring (bicyclic) bond motifs is 2. The number of esters is 1. The number of rotatable bonds is 4. The number of carbonyl (C=O) groups is 2. The van der Waals surface area contributed by atoms with Gasteiger partial charge in [0, 0.05) is 13.1 Å². The summed E-state index contributed by atoms with van der Waals surface area (Å²) in [6.07, 6.45) is -0.412. The summed E-state index contributed by atoms with van der Waals surface area (Å²) in [6, 6.07) is 0. The smallest absolute Gasteiger partial charge is 0.343 e. The number of anilines is 1. The molecule has 166 valence electrons. The first-order valence-electron chi connectivity index (χ1n) is 9.54. The van der Waals surface area contributed by atoms with Crippen molar-refractivity contribution in [3.63, 3.8) is 0 Å². The van der Waals surface area contributed by atoms with Gasteiger partial charge in [-0.25, -0.2) is 14.8 Å². The Morgan fingerprint density at radius 3 is 2.65 bits per heavy atom. The predicted octanol–water partition coefficient (Wildman–Crippen LogP) is -0.0537. The van der Waals surface area contributed by atoms with Crippen LogP contribution in [0.1, 0.15) is 37.4 Å². The lowest BCUT2D eigenvalue weighted by molar-refractivity contribution is -0.199. The molecule has 0 spiro atoms. The Hall–Kier alpha value is -2.93. The van der Waals surface area contributed by atoms with Crippen molar-refractivity contribution >= 4 is 28.7 Å². The van der Waals surface area contributed by atoms with Gasteiger partial charge in [0.05, 0.1) is 13.7 Å². The predicted molar refractivity (Wildman–Crippen MR) is 104 cm³/mol. The van der Waals surface area contributed by atoms with Crippen LogP contribution in [-0.2, 0) is 23.7 Å². The molecule has 4 heterocycles. The van der Waals surface area contributed by atoms with Crippen molar-refractivity contribution in [1.82, 2.24) is 14.5 Å². The molecule has 1 amide bonds. The van der Waals surface area contributed by atoms with Gasteiger partial charge in [-0.05, 0) is 13.8 Å². The van der Waals surface area contributed by atoms with Gasteiger partial charge < -0.3 is 33.9 Å². The van der Waals surface area contributed by atoms with E-state index in [1.54, 1.807) is 13.8 Å². The van der Waals surface area contributed by atoms with Crippen LogP contribution in [0.5, 0.6) is 0 Å². The van der Waals surface area contributed by atoms with E-state index in [2.05, 4.69) is 15.3 Å². The molecule has 0 saturated carbocycles. The number of carbonyl (C=O) groups excluding carboxylic acids is 2. The summed E-state index contributed by atoms with van der Waals surface area (Å²) in [5.74, 6) is -2.32. The molecule has 0 aliphatic carbocycles. The van der Waals surface area contributed by atoms with Crippen molar-refractivity contribution < 1.29 is 33.6 Å². The van der Waals surface area contributed by atoms with Crippen LogP contribution in [-0.4, -0.2) is 69.3 Å². The quantitative estimate of drug-likeness (QED) is 0.627. The fourth-order valence-corrected chi connectivity index (χ4v) is 3.92. The number of hydrogen-bond acceptors (Lipinski definition) is 10. The Bertz CT molecular complexity index is 1110. The second-order valence-corrected chi connectivity index (χ2v) is 7.69. The highest BCUT2D eigenvalue weighted by atomic mass is 16.8. The zero-order chi connectivity index (χ0) is 22.5. The highest BCUT2D eigenvalue weighted by molar-refractivity contribution is 6.00. The molecule has 4 rings (SSSR count). The lowest BCUT2D eigenvalue weighted by atomic mass is 10.1. The van der Waals surface area contributed by atoms with Gasteiger partial charge in [0.1, 0.15) is 41.4 Å². The van der Waals surface area contributed by atoms with Crippen LogP contribution >= 0.6 is 0 Å². The van der Waals surface area contributed by atoms with E-state index in [1.807, 2.05) is 0 Å². The zero-order valence-electron chi connectivity index (χ0n) is 17.3. The van der Waals surface area contributed by atoms with Gasteiger partial charge in [-0.3, -0.25) is 9.59 Å². The zero-order valence-corrected chi connectivity index (χ0v) is 17.3. The van der Waals surface area contributed by atoms with Crippen LogP contribution in [0.2, 0.25) is 0 Å². The average molecular weight is 434 g/mol.